The van der Waals surface area contributed by atoms with Crippen LogP contribution in [-0.4, -0.2) is 96.7 Å². The molecule has 0 heterocycles. The number of esters is 4. The third-order valence-electron chi connectivity index (χ3n) is 17.8. The van der Waals surface area contributed by atoms with Crippen LogP contribution in [0.1, 0.15) is 388 Å². The van der Waals surface area contributed by atoms with Gasteiger partial charge in [0.25, 0.3) is 0 Å². The molecule has 0 amide bonds. The first kappa shape index (κ1) is 92.1. The van der Waals surface area contributed by atoms with Gasteiger partial charge in [-0.15, -0.1) is 0 Å². The van der Waals surface area contributed by atoms with E-state index in [2.05, 4.69) is 41.5 Å². The van der Waals surface area contributed by atoms with E-state index in [0.29, 0.717) is 25.7 Å². The van der Waals surface area contributed by atoms with Gasteiger partial charge in [-0.2, -0.15) is 0 Å². The highest BCUT2D eigenvalue weighted by atomic mass is 31.2. The number of phosphoric ester groups is 2. The molecular weight excluding hydrogens is 1230 g/mol. The topological polar surface area (TPSA) is 237 Å². The molecule has 0 rings (SSSR count). The molecule has 0 aromatic heterocycles. The lowest BCUT2D eigenvalue weighted by atomic mass is 10.00. The van der Waals surface area contributed by atoms with E-state index in [4.69, 9.17) is 37.0 Å². The molecule has 0 saturated carbocycles. The summed E-state index contributed by atoms with van der Waals surface area (Å²) >= 11 is 0. The quantitative estimate of drug-likeness (QED) is 0.0222. The summed E-state index contributed by atoms with van der Waals surface area (Å²) in [4.78, 5) is 72.8. The van der Waals surface area contributed by atoms with Crippen LogP contribution in [0.5, 0.6) is 0 Å². The summed E-state index contributed by atoms with van der Waals surface area (Å²) < 4.78 is 68.5. The van der Waals surface area contributed by atoms with Gasteiger partial charge in [0.05, 0.1) is 26.4 Å². The first-order chi connectivity index (χ1) is 45.4. The summed E-state index contributed by atoms with van der Waals surface area (Å²) in [5.41, 5.74) is 0. The average molecular weight is 1380 g/mol. The summed E-state index contributed by atoms with van der Waals surface area (Å²) in [6.45, 7) is 9.55. The Hall–Kier alpha value is -1.94. The Morgan fingerprint density at radius 2 is 0.543 bits per heavy atom. The van der Waals surface area contributed by atoms with Crippen LogP contribution < -0.4 is 0 Å². The van der Waals surface area contributed by atoms with E-state index in [1.807, 2.05) is 0 Å². The highest BCUT2D eigenvalue weighted by Crippen LogP contribution is 2.45. The number of hydrogen-bond acceptors (Lipinski definition) is 15. The van der Waals surface area contributed by atoms with E-state index < -0.39 is 97.5 Å². The molecule has 3 unspecified atom stereocenters. The predicted octanol–water partition coefficient (Wildman–Crippen LogP) is 21.9. The number of carbonyl (C=O) groups excluding carboxylic acids is 4. The fourth-order valence-corrected chi connectivity index (χ4v) is 13.0. The van der Waals surface area contributed by atoms with E-state index in [9.17, 15) is 43.2 Å². The van der Waals surface area contributed by atoms with Crippen molar-refractivity contribution in [2.75, 3.05) is 39.6 Å². The monoisotopic (exact) mass is 1380 g/mol. The van der Waals surface area contributed by atoms with Gasteiger partial charge in [0.15, 0.2) is 12.2 Å². The zero-order chi connectivity index (χ0) is 69.3. The van der Waals surface area contributed by atoms with Gasteiger partial charge in [-0.05, 0) is 37.5 Å². The fourth-order valence-electron chi connectivity index (χ4n) is 11.4. The molecule has 0 spiro atoms. The summed E-state index contributed by atoms with van der Waals surface area (Å²) in [5, 5.41) is 10.6. The van der Waals surface area contributed by atoms with Crippen molar-refractivity contribution < 1.29 is 80.2 Å². The second-order valence-corrected chi connectivity index (χ2v) is 30.7. The Morgan fingerprint density at radius 1 is 0.309 bits per heavy atom. The Morgan fingerprint density at radius 3 is 0.809 bits per heavy atom. The molecule has 6 atom stereocenters. The van der Waals surface area contributed by atoms with Gasteiger partial charge in [-0.25, -0.2) is 9.13 Å². The number of aliphatic hydroxyl groups excluding tert-OH is 1. The summed E-state index contributed by atoms with van der Waals surface area (Å²) in [6.07, 6.45) is 54.0. The van der Waals surface area contributed by atoms with Crippen LogP contribution in [0, 0.1) is 11.8 Å². The van der Waals surface area contributed by atoms with Crippen LogP contribution in [0.15, 0.2) is 0 Å². The minimum absolute atomic E-state index is 0.105. The molecule has 0 fully saturated rings. The van der Waals surface area contributed by atoms with Crippen molar-refractivity contribution in [2.24, 2.45) is 11.8 Å². The van der Waals surface area contributed by atoms with Gasteiger partial charge in [0.1, 0.15) is 19.3 Å². The van der Waals surface area contributed by atoms with Gasteiger partial charge in [-0.1, -0.05) is 337 Å². The smallest absolute Gasteiger partial charge is 0.462 e. The summed E-state index contributed by atoms with van der Waals surface area (Å²) in [6, 6.07) is 0. The summed E-state index contributed by atoms with van der Waals surface area (Å²) in [5.74, 6) is -0.634. The van der Waals surface area contributed by atoms with E-state index in [1.54, 1.807) is 0 Å². The van der Waals surface area contributed by atoms with Crippen molar-refractivity contribution in [3.05, 3.63) is 0 Å². The Kier molecular flexibility index (Phi) is 65.5. The lowest BCUT2D eigenvalue weighted by molar-refractivity contribution is -0.161. The highest BCUT2D eigenvalue weighted by molar-refractivity contribution is 7.47. The Labute approximate surface area is 575 Å². The number of hydrogen-bond donors (Lipinski definition) is 3. The minimum atomic E-state index is -4.96. The van der Waals surface area contributed by atoms with Crippen LogP contribution in [0.3, 0.4) is 0 Å². The van der Waals surface area contributed by atoms with E-state index in [0.717, 1.165) is 108 Å². The first-order valence-electron chi connectivity index (χ1n) is 39.0. The van der Waals surface area contributed by atoms with E-state index in [-0.39, 0.29) is 25.7 Å². The Bertz CT molecular complexity index is 1820. The third-order valence-corrected chi connectivity index (χ3v) is 19.7. The van der Waals surface area contributed by atoms with Crippen molar-refractivity contribution in [3.63, 3.8) is 0 Å². The molecule has 0 aromatic rings. The number of carbonyl (C=O) groups is 4. The van der Waals surface area contributed by atoms with Crippen LogP contribution in [0.4, 0.5) is 0 Å². The number of ether oxygens (including phenoxy) is 4. The Balaban J connectivity index is 5.25. The number of phosphoric acid groups is 2. The maximum Gasteiger partial charge on any atom is 0.472 e. The fraction of sp³-hybridized carbons (Fsp3) is 0.947. The first-order valence-corrected chi connectivity index (χ1v) is 42.0. The molecular formula is C75H146O17P2. The second kappa shape index (κ2) is 66.9. The van der Waals surface area contributed by atoms with Crippen LogP contribution in [-0.2, 0) is 65.4 Å². The number of unbranched alkanes of at least 4 members (excludes halogenated alkanes) is 43. The van der Waals surface area contributed by atoms with Crippen molar-refractivity contribution in [2.45, 2.75) is 407 Å². The largest absolute Gasteiger partial charge is 0.472 e. The molecule has 0 bridgehead atoms. The van der Waals surface area contributed by atoms with Crippen molar-refractivity contribution >= 4 is 39.5 Å². The maximum absolute atomic E-state index is 13.1. The lowest BCUT2D eigenvalue weighted by Crippen LogP contribution is -2.30. The molecule has 94 heavy (non-hydrogen) atoms. The molecule has 3 N–H and O–H groups in total. The third kappa shape index (κ3) is 67.3. The van der Waals surface area contributed by atoms with E-state index >= 15 is 0 Å². The molecule has 0 radical (unpaired) electrons. The lowest BCUT2D eigenvalue weighted by Gasteiger charge is -2.21. The van der Waals surface area contributed by atoms with Crippen LogP contribution in [0.25, 0.3) is 0 Å². The number of rotatable bonds is 74. The van der Waals surface area contributed by atoms with Crippen molar-refractivity contribution in [3.8, 4) is 0 Å². The summed E-state index contributed by atoms with van der Waals surface area (Å²) in [7, 11) is -9.91. The molecule has 0 aliphatic heterocycles. The maximum atomic E-state index is 13.1. The van der Waals surface area contributed by atoms with Gasteiger partial charge < -0.3 is 33.8 Å². The van der Waals surface area contributed by atoms with Crippen LogP contribution in [0.2, 0.25) is 0 Å². The predicted molar refractivity (Wildman–Crippen MR) is 381 cm³/mol. The van der Waals surface area contributed by atoms with Gasteiger partial charge >= 0.3 is 39.5 Å². The molecule has 19 heteroatoms. The molecule has 0 aromatic carbocycles. The number of aliphatic hydroxyl groups is 1. The second-order valence-electron chi connectivity index (χ2n) is 27.8. The zero-order valence-corrected chi connectivity index (χ0v) is 63.1. The normalized spacial score (nSPS) is 14.3. The zero-order valence-electron chi connectivity index (χ0n) is 61.3. The van der Waals surface area contributed by atoms with Crippen molar-refractivity contribution in [1.29, 1.82) is 0 Å². The highest BCUT2D eigenvalue weighted by Gasteiger charge is 2.30. The minimum Gasteiger partial charge on any atom is -0.462 e. The van der Waals surface area contributed by atoms with Crippen LogP contribution >= 0.6 is 15.6 Å². The van der Waals surface area contributed by atoms with Crippen molar-refractivity contribution in [1.82, 2.24) is 0 Å². The van der Waals surface area contributed by atoms with Gasteiger partial charge in [-0.3, -0.25) is 37.3 Å². The molecule has 558 valence electrons. The average Bonchev–Trinajstić information content (AvgIpc) is 1.33. The molecule has 0 aliphatic rings. The molecule has 0 aliphatic carbocycles. The molecule has 17 nitrogen and oxygen atoms in total. The SMILES string of the molecule is CCCCCCCCCCCCCCCCCCC(=O)O[C@H](COC(=O)CCCCCCCCCCCCCCCCC)COP(=O)(O)OC[C@@H](O)COP(=O)(O)OC[C@@H](COC(=O)CCCCCCCCC(C)CC)OC(=O)CCCCCCCCCCCCC(C)C. The van der Waals surface area contributed by atoms with Gasteiger partial charge in [0.2, 0.25) is 0 Å². The standard InChI is InChI=1S/C75H146O17P2/c1-7-10-12-14-16-18-20-22-24-26-28-30-35-39-47-53-59-74(79)91-70(63-85-72(77)57-51-45-38-34-29-27-25-23-21-19-17-15-13-11-8-2)65-89-93(81,82)87-61-69(76)62-88-94(83,84)90-66-71(64-86-73(78)58-52-46-42-41-44-50-56-68(6)9-3)92-75(80)60-54-48-40-36-32-31-33-37-43-49-55-67(4)5/h67-71,76H,7-66H2,1-6H3,(H,81,82)(H,83,84)/t68?,69-,70-,71-/m1/s1. The molecule has 0 saturated heterocycles. The van der Waals surface area contributed by atoms with Gasteiger partial charge in [0, 0.05) is 25.7 Å². The van der Waals surface area contributed by atoms with E-state index in [1.165, 1.54) is 199 Å².